The third kappa shape index (κ3) is 3.84. The van der Waals surface area contributed by atoms with E-state index in [9.17, 15) is 0 Å². The monoisotopic (exact) mass is 303 g/mol. The van der Waals surface area contributed by atoms with Crippen molar-refractivity contribution in [3.63, 3.8) is 0 Å². The largest absolute Gasteiger partial charge is 0.313 e. The van der Waals surface area contributed by atoms with E-state index < -0.39 is 0 Å². The van der Waals surface area contributed by atoms with Gasteiger partial charge in [0.1, 0.15) is 0 Å². The van der Waals surface area contributed by atoms with E-state index in [0.717, 1.165) is 11.2 Å². The SMILES string of the molecule is CCCNC(CC1CCCc2ccccc21)C1CCCS1. The van der Waals surface area contributed by atoms with Gasteiger partial charge in [0.15, 0.2) is 0 Å². The van der Waals surface area contributed by atoms with Crippen LogP contribution < -0.4 is 5.32 Å². The Labute approximate surface area is 134 Å². The van der Waals surface area contributed by atoms with Crippen LogP contribution in [0.4, 0.5) is 0 Å². The Balaban J connectivity index is 1.70. The number of thioether (sulfide) groups is 1. The maximum atomic E-state index is 3.87. The van der Waals surface area contributed by atoms with Gasteiger partial charge >= 0.3 is 0 Å². The number of aryl methyl sites for hydroxylation is 1. The van der Waals surface area contributed by atoms with Crippen LogP contribution in [0.5, 0.6) is 0 Å². The average molecular weight is 304 g/mol. The van der Waals surface area contributed by atoms with Gasteiger partial charge in [0.2, 0.25) is 0 Å². The lowest BCUT2D eigenvalue weighted by atomic mass is 9.79. The van der Waals surface area contributed by atoms with Gasteiger partial charge in [0.05, 0.1) is 0 Å². The number of hydrogen-bond acceptors (Lipinski definition) is 2. The zero-order valence-electron chi connectivity index (χ0n) is 13.3. The third-order valence-electron chi connectivity index (χ3n) is 5.10. The van der Waals surface area contributed by atoms with Crippen LogP contribution in [0.25, 0.3) is 0 Å². The molecule has 3 atom stereocenters. The Morgan fingerprint density at radius 2 is 2.14 bits per heavy atom. The maximum Gasteiger partial charge on any atom is 0.0201 e. The summed E-state index contributed by atoms with van der Waals surface area (Å²) in [5, 5.41) is 4.72. The summed E-state index contributed by atoms with van der Waals surface area (Å²) in [6, 6.07) is 9.89. The Bertz CT molecular complexity index is 439. The summed E-state index contributed by atoms with van der Waals surface area (Å²) in [6.07, 6.45) is 9.47. The molecule has 1 heterocycles. The van der Waals surface area contributed by atoms with Crippen molar-refractivity contribution < 1.29 is 0 Å². The van der Waals surface area contributed by atoms with Crippen molar-refractivity contribution in [1.29, 1.82) is 0 Å². The predicted molar refractivity (Wildman–Crippen MR) is 94.3 cm³/mol. The molecule has 0 bridgehead atoms. The maximum absolute atomic E-state index is 3.87. The molecule has 0 spiro atoms. The molecule has 2 heteroatoms. The van der Waals surface area contributed by atoms with E-state index in [1.165, 1.54) is 57.2 Å². The van der Waals surface area contributed by atoms with Gasteiger partial charge in [-0.3, -0.25) is 0 Å². The lowest BCUT2D eigenvalue weighted by Gasteiger charge is -2.32. The van der Waals surface area contributed by atoms with E-state index in [4.69, 9.17) is 0 Å². The third-order valence-corrected chi connectivity index (χ3v) is 6.62. The first kappa shape index (κ1) is 15.4. The van der Waals surface area contributed by atoms with Crippen LogP contribution >= 0.6 is 11.8 Å². The van der Waals surface area contributed by atoms with E-state index in [1.807, 2.05) is 0 Å². The molecule has 1 nitrogen and oxygen atoms in total. The standard InChI is InChI=1S/C19H29NS/c1-2-12-20-18(19-11-6-13-21-19)14-16-9-5-8-15-7-3-4-10-17(15)16/h3-4,7,10,16,18-20H,2,5-6,8-9,11-14H2,1H3. The first-order valence-corrected chi connectivity index (χ1v) is 9.86. The van der Waals surface area contributed by atoms with Gasteiger partial charge in [-0.05, 0) is 74.3 Å². The van der Waals surface area contributed by atoms with Crippen molar-refractivity contribution >= 4 is 11.8 Å². The second-order valence-corrected chi connectivity index (χ2v) is 7.98. The molecule has 1 N–H and O–H groups in total. The topological polar surface area (TPSA) is 12.0 Å². The highest BCUT2D eigenvalue weighted by molar-refractivity contribution is 8.00. The minimum Gasteiger partial charge on any atom is -0.313 e. The molecule has 1 aliphatic carbocycles. The molecule has 116 valence electrons. The fourth-order valence-corrected chi connectivity index (χ4v) is 5.43. The molecule has 21 heavy (non-hydrogen) atoms. The van der Waals surface area contributed by atoms with E-state index in [2.05, 4.69) is 48.3 Å². The first-order chi connectivity index (χ1) is 10.4. The van der Waals surface area contributed by atoms with Gasteiger partial charge in [-0.25, -0.2) is 0 Å². The molecule has 1 aliphatic heterocycles. The van der Waals surface area contributed by atoms with E-state index in [-0.39, 0.29) is 0 Å². The quantitative estimate of drug-likeness (QED) is 0.813. The number of fused-ring (bicyclic) bond motifs is 1. The lowest BCUT2D eigenvalue weighted by molar-refractivity contribution is 0.397. The van der Waals surface area contributed by atoms with Crippen molar-refractivity contribution in [2.75, 3.05) is 12.3 Å². The highest BCUT2D eigenvalue weighted by Gasteiger charge is 2.29. The molecule has 0 radical (unpaired) electrons. The number of rotatable bonds is 6. The fourth-order valence-electron chi connectivity index (χ4n) is 4.02. The van der Waals surface area contributed by atoms with Crippen LogP contribution in [-0.4, -0.2) is 23.6 Å². The number of hydrogen-bond donors (Lipinski definition) is 1. The van der Waals surface area contributed by atoms with Crippen molar-refractivity contribution in [3.8, 4) is 0 Å². The summed E-state index contributed by atoms with van der Waals surface area (Å²) in [5.74, 6) is 2.15. The summed E-state index contributed by atoms with van der Waals surface area (Å²) < 4.78 is 0. The Hall–Kier alpha value is -0.470. The number of nitrogens with one attached hydrogen (secondary N) is 1. The van der Waals surface area contributed by atoms with E-state index >= 15 is 0 Å². The molecule has 3 unspecified atom stereocenters. The molecule has 1 saturated heterocycles. The summed E-state index contributed by atoms with van der Waals surface area (Å²) in [5.41, 5.74) is 3.26. The van der Waals surface area contributed by atoms with Gasteiger partial charge < -0.3 is 5.32 Å². The molecular weight excluding hydrogens is 274 g/mol. The van der Waals surface area contributed by atoms with Crippen LogP contribution in [0.15, 0.2) is 24.3 Å². The smallest absolute Gasteiger partial charge is 0.0201 e. The second-order valence-electron chi connectivity index (χ2n) is 6.64. The van der Waals surface area contributed by atoms with E-state index in [0.29, 0.717) is 6.04 Å². The predicted octanol–water partition coefficient (Wildman–Crippen LogP) is 4.76. The molecule has 1 aromatic rings. The summed E-state index contributed by atoms with van der Waals surface area (Å²) in [4.78, 5) is 0. The molecule has 1 fully saturated rings. The molecule has 3 rings (SSSR count). The van der Waals surface area contributed by atoms with Gasteiger partial charge in [-0.1, -0.05) is 31.2 Å². The highest BCUT2D eigenvalue weighted by Crippen LogP contribution is 2.38. The van der Waals surface area contributed by atoms with Crippen LogP contribution in [-0.2, 0) is 6.42 Å². The summed E-state index contributed by atoms with van der Waals surface area (Å²) >= 11 is 2.21. The average Bonchev–Trinajstić information content (AvgIpc) is 3.06. The normalized spacial score (nSPS) is 26.5. The van der Waals surface area contributed by atoms with Gasteiger partial charge in [0, 0.05) is 11.3 Å². The minimum absolute atomic E-state index is 0.716. The second kappa shape index (κ2) is 7.69. The lowest BCUT2D eigenvalue weighted by Crippen LogP contribution is -2.39. The zero-order valence-corrected chi connectivity index (χ0v) is 14.1. The minimum atomic E-state index is 0.716. The molecular formula is C19H29NS. The van der Waals surface area contributed by atoms with Gasteiger partial charge in [-0.15, -0.1) is 0 Å². The molecule has 1 aromatic carbocycles. The number of benzene rings is 1. The Kier molecular flexibility index (Phi) is 5.65. The van der Waals surface area contributed by atoms with Gasteiger partial charge in [-0.2, -0.15) is 11.8 Å². The van der Waals surface area contributed by atoms with Crippen molar-refractivity contribution in [1.82, 2.24) is 5.32 Å². The first-order valence-electron chi connectivity index (χ1n) is 8.81. The molecule has 2 aliphatic rings. The van der Waals surface area contributed by atoms with Gasteiger partial charge in [0.25, 0.3) is 0 Å². The van der Waals surface area contributed by atoms with Crippen molar-refractivity contribution in [2.45, 2.75) is 69.1 Å². The molecule has 0 amide bonds. The van der Waals surface area contributed by atoms with Crippen LogP contribution in [0, 0.1) is 0 Å². The van der Waals surface area contributed by atoms with Crippen LogP contribution in [0.3, 0.4) is 0 Å². The van der Waals surface area contributed by atoms with Crippen LogP contribution in [0.1, 0.15) is 62.5 Å². The fraction of sp³-hybridized carbons (Fsp3) is 0.684. The zero-order chi connectivity index (χ0) is 14.5. The summed E-state index contributed by atoms with van der Waals surface area (Å²) in [7, 11) is 0. The Morgan fingerprint density at radius 1 is 1.24 bits per heavy atom. The van der Waals surface area contributed by atoms with Crippen molar-refractivity contribution in [2.24, 2.45) is 0 Å². The van der Waals surface area contributed by atoms with Crippen molar-refractivity contribution in [3.05, 3.63) is 35.4 Å². The Morgan fingerprint density at radius 3 is 2.95 bits per heavy atom. The van der Waals surface area contributed by atoms with E-state index in [1.54, 1.807) is 11.1 Å². The molecule has 0 saturated carbocycles. The molecule has 0 aromatic heterocycles. The highest BCUT2D eigenvalue weighted by atomic mass is 32.2. The van der Waals surface area contributed by atoms with Crippen LogP contribution in [0.2, 0.25) is 0 Å². The summed E-state index contributed by atoms with van der Waals surface area (Å²) in [6.45, 7) is 3.46.